The van der Waals surface area contributed by atoms with Gasteiger partial charge in [0.15, 0.2) is 0 Å². The van der Waals surface area contributed by atoms with E-state index >= 15 is 0 Å². The Bertz CT molecular complexity index is 449. The van der Waals surface area contributed by atoms with Gasteiger partial charge >= 0.3 is 0 Å². The zero-order valence-electron chi connectivity index (χ0n) is 11.9. The van der Waals surface area contributed by atoms with E-state index in [1.807, 2.05) is 0 Å². The molecule has 2 atom stereocenters. The van der Waals surface area contributed by atoms with E-state index in [1.165, 1.54) is 0 Å². The minimum Gasteiger partial charge on any atom is -0.326 e. The number of rotatable bonds is 4. The van der Waals surface area contributed by atoms with Gasteiger partial charge in [0.1, 0.15) is 12.1 Å². The van der Waals surface area contributed by atoms with Gasteiger partial charge in [-0.2, -0.15) is 10.5 Å². The fourth-order valence-corrected chi connectivity index (χ4v) is 2.88. The number of hydrogen-bond donors (Lipinski definition) is 1. The third kappa shape index (κ3) is 3.50. The number of nitriles is 2. The first-order valence-corrected chi connectivity index (χ1v) is 7.26. The second kappa shape index (κ2) is 7.05. The Kier molecular flexibility index (Phi) is 5.13. The molecule has 2 heterocycles. The molecule has 112 valence electrons. The van der Waals surface area contributed by atoms with Gasteiger partial charge in [-0.15, -0.1) is 0 Å². The number of amides is 2. The maximum atomic E-state index is 12.0. The molecule has 0 bridgehead atoms. The Hall–Kier alpha value is -2.12. The standard InChI is InChI=1S/C14H19N5O2/c15-7-11-3-1-5-18(11)13(20)9-17-10-14(21)19-6-2-4-12(19)8-16/h11-12,17H,1-6,9-10H2/t11-,12-/m0/s1. The van der Waals surface area contributed by atoms with Crippen molar-refractivity contribution in [3.63, 3.8) is 0 Å². The predicted molar refractivity (Wildman–Crippen MR) is 73.6 cm³/mol. The summed E-state index contributed by atoms with van der Waals surface area (Å²) >= 11 is 0. The highest BCUT2D eigenvalue weighted by molar-refractivity contribution is 5.82. The average Bonchev–Trinajstić information content (AvgIpc) is 3.15. The minimum atomic E-state index is -0.337. The van der Waals surface area contributed by atoms with E-state index in [1.54, 1.807) is 9.80 Å². The number of hydrogen-bond acceptors (Lipinski definition) is 5. The number of carbonyl (C=O) groups excluding carboxylic acids is 2. The Morgan fingerprint density at radius 2 is 1.38 bits per heavy atom. The van der Waals surface area contributed by atoms with Crippen molar-refractivity contribution in [2.24, 2.45) is 0 Å². The van der Waals surface area contributed by atoms with Gasteiger partial charge in [-0.3, -0.25) is 14.9 Å². The fraction of sp³-hybridized carbons (Fsp3) is 0.714. The van der Waals surface area contributed by atoms with Gasteiger partial charge in [0.05, 0.1) is 25.2 Å². The molecular weight excluding hydrogens is 270 g/mol. The molecule has 0 radical (unpaired) electrons. The summed E-state index contributed by atoms with van der Waals surface area (Å²) in [6.07, 6.45) is 3.14. The van der Waals surface area contributed by atoms with Gasteiger partial charge in [0.25, 0.3) is 0 Å². The molecule has 0 aliphatic carbocycles. The van der Waals surface area contributed by atoms with E-state index < -0.39 is 0 Å². The smallest absolute Gasteiger partial charge is 0.237 e. The molecule has 0 aromatic heterocycles. The molecule has 7 nitrogen and oxygen atoms in total. The Morgan fingerprint density at radius 1 is 0.952 bits per heavy atom. The van der Waals surface area contributed by atoms with Gasteiger partial charge in [-0.1, -0.05) is 0 Å². The lowest BCUT2D eigenvalue weighted by atomic mass is 10.2. The van der Waals surface area contributed by atoms with Crippen LogP contribution in [0, 0.1) is 22.7 Å². The molecule has 0 unspecified atom stereocenters. The summed E-state index contributed by atoms with van der Waals surface area (Å²) in [4.78, 5) is 27.1. The van der Waals surface area contributed by atoms with Crippen LogP contribution < -0.4 is 5.32 Å². The lowest BCUT2D eigenvalue weighted by molar-refractivity contribution is -0.131. The first kappa shape index (κ1) is 15.3. The SMILES string of the molecule is N#C[C@@H]1CCCN1C(=O)CNCC(=O)N1CCC[C@H]1C#N. The van der Waals surface area contributed by atoms with Crippen molar-refractivity contribution < 1.29 is 9.59 Å². The molecule has 2 aliphatic heterocycles. The van der Waals surface area contributed by atoms with E-state index in [0.29, 0.717) is 13.1 Å². The van der Waals surface area contributed by atoms with Crippen LogP contribution in [0.25, 0.3) is 0 Å². The molecule has 2 fully saturated rings. The lowest BCUT2D eigenvalue weighted by Crippen LogP contribution is -2.45. The van der Waals surface area contributed by atoms with Gasteiger partial charge < -0.3 is 9.80 Å². The number of nitrogens with zero attached hydrogens (tertiary/aromatic N) is 4. The molecule has 21 heavy (non-hydrogen) atoms. The number of carbonyl (C=O) groups is 2. The third-order valence-corrected chi connectivity index (χ3v) is 4.00. The summed E-state index contributed by atoms with van der Waals surface area (Å²) in [7, 11) is 0. The molecule has 0 aromatic carbocycles. The third-order valence-electron chi connectivity index (χ3n) is 4.00. The summed E-state index contributed by atoms with van der Waals surface area (Å²) in [5, 5.41) is 20.7. The normalized spacial score (nSPS) is 24.7. The van der Waals surface area contributed by atoms with Crippen molar-refractivity contribution in [2.45, 2.75) is 37.8 Å². The number of likely N-dealkylation sites (tertiary alicyclic amines) is 2. The van der Waals surface area contributed by atoms with E-state index in [2.05, 4.69) is 17.5 Å². The van der Waals surface area contributed by atoms with E-state index in [-0.39, 0.29) is 37.0 Å². The summed E-state index contributed by atoms with van der Waals surface area (Å²) in [6.45, 7) is 1.31. The zero-order valence-corrected chi connectivity index (χ0v) is 11.9. The van der Waals surface area contributed by atoms with Crippen LogP contribution >= 0.6 is 0 Å². The molecule has 0 aromatic rings. The summed E-state index contributed by atoms with van der Waals surface area (Å²) < 4.78 is 0. The van der Waals surface area contributed by atoms with Crippen LogP contribution in [0.3, 0.4) is 0 Å². The summed E-state index contributed by atoms with van der Waals surface area (Å²) in [6, 6.07) is 3.56. The molecule has 0 saturated carbocycles. The lowest BCUT2D eigenvalue weighted by Gasteiger charge is -2.21. The topological polar surface area (TPSA) is 100 Å². The fourth-order valence-electron chi connectivity index (χ4n) is 2.88. The van der Waals surface area contributed by atoms with Crippen LogP contribution in [0.5, 0.6) is 0 Å². The van der Waals surface area contributed by atoms with Crippen molar-refractivity contribution in [2.75, 3.05) is 26.2 Å². The van der Waals surface area contributed by atoms with Gasteiger partial charge in [-0.25, -0.2) is 0 Å². The van der Waals surface area contributed by atoms with Crippen molar-refractivity contribution in [1.82, 2.24) is 15.1 Å². The quantitative estimate of drug-likeness (QED) is 0.759. The Morgan fingerprint density at radius 3 is 1.76 bits per heavy atom. The molecule has 2 amide bonds. The molecule has 7 heteroatoms. The maximum Gasteiger partial charge on any atom is 0.237 e. The largest absolute Gasteiger partial charge is 0.326 e. The molecule has 0 spiro atoms. The number of nitrogens with one attached hydrogen (secondary N) is 1. The maximum absolute atomic E-state index is 12.0. The van der Waals surface area contributed by atoms with E-state index in [4.69, 9.17) is 10.5 Å². The van der Waals surface area contributed by atoms with Crippen LogP contribution in [0.15, 0.2) is 0 Å². The highest BCUT2D eigenvalue weighted by Crippen LogP contribution is 2.17. The zero-order chi connectivity index (χ0) is 15.2. The second-order valence-electron chi connectivity index (χ2n) is 5.35. The molecule has 1 N–H and O–H groups in total. The minimum absolute atomic E-state index is 0.0506. The van der Waals surface area contributed by atoms with Crippen molar-refractivity contribution >= 4 is 11.8 Å². The highest BCUT2D eigenvalue weighted by Gasteiger charge is 2.30. The second-order valence-corrected chi connectivity index (χ2v) is 5.35. The van der Waals surface area contributed by atoms with Gasteiger partial charge in [0, 0.05) is 13.1 Å². The highest BCUT2D eigenvalue weighted by atomic mass is 16.2. The van der Waals surface area contributed by atoms with Crippen molar-refractivity contribution in [1.29, 1.82) is 10.5 Å². The summed E-state index contributed by atoms with van der Waals surface area (Å²) in [5.41, 5.74) is 0. The van der Waals surface area contributed by atoms with Crippen LogP contribution in [0.1, 0.15) is 25.7 Å². The molecular formula is C14H19N5O2. The van der Waals surface area contributed by atoms with Gasteiger partial charge in [-0.05, 0) is 25.7 Å². The first-order chi connectivity index (χ1) is 10.2. The average molecular weight is 289 g/mol. The van der Waals surface area contributed by atoms with E-state index in [0.717, 1.165) is 25.7 Å². The Balaban J connectivity index is 1.74. The van der Waals surface area contributed by atoms with Crippen molar-refractivity contribution in [3.05, 3.63) is 0 Å². The summed E-state index contributed by atoms with van der Waals surface area (Å²) in [5.74, 6) is -0.296. The van der Waals surface area contributed by atoms with Crippen molar-refractivity contribution in [3.8, 4) is 12.1 Å². The van der Waals surface area contributed by atoms with Crippen LogP contribution in [0.2, 0.25) is 0 Å². The Labute approximate surface area is 124 Å². The first-order valence-electron chi connectivity index (χ1n) is 7.26. The molecule has 2 rings (SSSR count). The molecule has 2 aliphatic rings. The van der Waals surface area contributed by atoms with E-state index in [9.17, 15) is 9.59 Å². The van der Waals surface area contributed by atoms with Crippen LogP contribution in [0.4, 0.5) is 0 Å². The molecule has 2 saturated heterocycles. The van der Waals surface area contributed by atoms with Crippen LogP contribution in [-0.4, -0.2) is 59.9 Å². The van der Waals surface area contributed by atoms with Gasteiger partial charge in [0.2, 0.25) is 11.8 Å². The monoisotopic (exact) mass is 289 g/mol. The predicted octanol–water partition coefficient (Wildman–Crippen LogP) is -0.395. The van der Waals surface area contributed by atoms with Crippen LogP contribution in [-0.2, 0) is 9.59 Å².